The zero-order valence-corrected chi connectivity index (χ0v) is 13.8. The molecule has 1 N–H and O–H groups in total. The third kappa shape index (κ3) is 4.39. The maximum Gasteiger partial charge on any atom is 0.405 e. The Balaban J connectivity index is 2.17. The molecule has 10 heteroatoms. The molecule has 1 aliphatic rings. The van der Waals surface area contributed by atoms with E-state index < -0.39 is 34.7 Å². The minimum absolute atomic E-state index is 0.0132. The van der Waals surface area contributed by atoms with E-state index >= 15 is 0 Å². The Morgan fingerprint density at radius 2 is 1.96 bits per heavy atom. The van der Waals surface area contributed by atoms with Gasteiger partial charge in [0.1, 0.15) is 12.6 Å². The fourth-order valence-electron chi connectivity index (χ4n) is 2.02. The summed E-state index contributed by atoms with van der Waals surface area (Å²) in [5, 5.41) is 1.74. The number of benzene rings is 1. The number of hydrogen-bond donors (Lipinski definition) is 1. The van der Waals surface area contributed by atoms with E-state index in [2.05, 4.69) is 0 Å². The van der Waals surface area contributed by atoms with Gasteiger partial charge in [0, 0.05) is 5.75 Å². The summed E-state index contributed by atoms with van der Waals surface area (Å²) in [7, 11) is -3.93. The summed E-state index contributed by atoms with van der Waals surface area (Å²) in [5.41, 5.74) is 0.874. The number of nitrogens with one attached hydrogen (secondary N) is 1. The van der Waals surface area contributed by atoms with Crippen molar-refractivity contribution in [2.75, 3.05) is 18.2 Å². The topological polar surface area (TPSA) is 66.5 Å². The van der Waals surface area contributed by atoms with Crippen LogP contribution in [0.1, 0.15) is 5.56 Å². The number of carbonyl (C=O) groups excluding carboxylic acids is 1. The molecule has 23 heavy (non-hydrogen) atoms. The van der Waals surface area contributed by atoms with Gasteiger partial charge in [0.2, 0.25) is 15.9 Å². The number of nitrogens with zero attached hydrogens (tertiary/aromatic N) is 1. The molecule has 0 unspecified atom stereocenters. The first-order chi connectivity index (χ1) is 10.6. The maximum atomic E-state index is 12.6. The smallest absolute Gasteiger partial charge is 0.346 e. The minimum Gasteiger partial charge on any atom is -0.346 e. The van der Waals surface area contributed by atoms with Crippen molar-refractivity contribution >= 4 is 27.7 Å². The first-order valence-electron chi connectivity index (χ1n) is 6.62. The predicted molar refractivity (Wildman–Crippen MR) is 80.4 cm³/mol. The van der Waals surface area contributed by atoms with Crippen molar-refractivity contribution in [3.63, 3.8) is 0 Å². The Morgan fingerprint density at radius 3 is 2.52 bits per heavy atom. The van der Waals surface area contributed by atoms with E-state index in [1.54, 1.807) is 24.4 Å². The molecule has 1 heterocycles. The van der Waals surface area contributed by atoms with Gasteiger partial charge in [-0.2, -0.15) is 17.5 Å². The third-order valence-corrected chi connectivity index (χ3v) is 6.28. The van der Waals surface area contributed by atoms with Gasteiger partial charge in [-0.25, -0.2) is 8.42 Å². The lowest BCUT2D eigenvalue weighted by Gasteiger charge is -2.22. The summed E-state index contributed by atoms with van der Waals surface area (Å²) in [6.07, 6.45) is -4.54. The standard InChI is InChI=1S/C13H15F3N2O3S2/c1-9-2-4-10(5-3-9)23(20,21)18-8-22-6-11(18)12(19)17-7-13(14,15)16/h2-5,11H,6-8H2,1H3,(H,17,19)/t11-/m1/s1. The van der Waals surface area contributed by atoms with Crippen molar-refractivity contribution in [1.82, 2.24) is 9.62 Å². The number of alkyl halides is 3. The van der Waals surface area contributed by atoms with Gasteiger partial charge in [-0.05, 0) is 19.1 Å². The van der Waals surface area contributed by atoms with Crippen molar-refractivity contribution in [1.29, 1.82) is 0 Å². The third-order valence-electron chi connectivity index (χ3n) is 3.24. The summed E-state index contributed by atoms with van der Waals surface area (Å²) in [5.74, 6) is -0.794. The molecule has 5 nitrogen and oxygen atoms in total. The van der Waals surface area contributed by atoms with Gasteiger partial charge in [0.25, 0.3) is 0 Å². The summed E-state index contributed by atoms with van der Waals surface area (Å²) in [6.45, 7) is 0.320. The molecule has 1 saturated heterocycles. The molecule has 1 aliphatic heterocycles. The van der Waals surface area contributed by atoms with Crippen molar-refractivity contribution in [2.45, 2.75) is 24.0 Å². The summed E-state index contributed by atoms with van der Waals surface area (Å²) in [6, 6.07) is 4.92. The molecule has 0 saturated carbocycles. The zero-order valence-electron chi connectivity index (χ0n) is 12.1. The number of carbonyl (C=O) groups is 1. The molecule has 1 fully saturated rings. The molecule has 0 spiro atoms. The predicted octanol–water partition coefficient (Wildman–Crippen LogP) is 1.74. The molecule has 0 aliphatic carbocycles. The molecule has 1 atom stereocenters. The molecule has 0 aromatic heterocycles. The highest BCUT2D eigenvalue weighted by molar-refractivity contribution is 8.00. The monoisotopic (exact) mass is 368 g/mol. The van der Waals surface area contributed by atoms with Crippen molar-refractivity contribution in [3.8, 4) is 0 Å². The number of halogens is 3. The van der Waals surface area contributed by atoms with Gasteiger partial charge in [-0.15, -0.1) is 11.8 Å². The molecular weight excluding hydrogens is 353 g/mol. The van der Waals surface area contributed by atoms with Crippen LogP contribution in [0.3, 0.4) is 0 Å². The second-order valence-electron chi connectivity index (χ2n) is 5.05. The molecule has 128 valence electrons. The summed E-state index contributed by atoms with van der Waals surface area (Å²) < 4.78 is 62.6. The lowest BCUT2D eigenvalue weighted by atomic mass is 10.2. The van der Waals surface area contributed by atoms with E-state index in [0.29, 0.717) is 0 Å². The van der Waals surface area contributed by atoms with Crippen LogP contribution in [-0.4, -0.2) is 49.0 Å². The van der Waals surface area contributed by atoms with Gasteiger partial charge in [-0.1, -0.05) is 17.7 Å². The number of hydrogen-bond acceptors (Lipinski definition) is 4. The molecule has 0 bridgehead atoms. The van der Waals surface area contributed by atoms with Crippen molar-refractivity contribution in [3.05, 3.63) is 29.8 Å². The number of amides is 1. The lowest BCUT2D eigenvalue weighted by Crippen LogP contribution is -2.49. The number of rotatable bonds is 4. The quantitative estimate of drug-likeness (QED) is 0.879. The van der Waals surface area contributed by atoms with E-state index in [1.807, 2.05) is 0 Å². The highest BCUT2D eigenvalue weighted by atomic mass is 32.2. The van der Waals surface area contributed by atoms with Crippen LogP contribution in [0.2, 0.25) is 0 Å². The SMILES string of the molecule is Cc1ccc(S(=O)(=O)N2CSC[C@@H]2C(=O)NCC(F)(F)F)cc1. The largest absolute Gasteiger partial charge is 0.405 e. The fraction of sp³-hybridized carbons (Fsp3) is 0.462. The first kappa shape index (κ1) is 18.1. The number of sulfonamides is 1. The van der Waals surface area contributed by atoms with Gasteiger partial charge in [0.15, 0.2) is 0 Å². The molecule has 1 aromatic rings. The highest BCUT2D eigenvalue weighted by Gasteiger charge is 2.41. The second kappa shape index (κ2) is 6.70. The molecular formula is C13H15F3N2O3S2. The maximum absolute atomic E-state index is 12.6. The van der Waals surface area contributed by atoms with E-state index in [1.165, 1.54) is 23.9 Å². The van der Waals surface area contributed by atoms with Crippen LogP contribution in [0.25, 0.3) is 0 Å². The van der Waals surface area contributed by atoms with Crippen LogP contribution in [0.4, 0.5) is 13.2 Å². The summed E-state index contributed by atoms with van der Waals surface area (Å²) in [4.78, 5) is 11.9. The molecule has 0 radical (unpaired) electrons. The van der Waals surface area contributed by atoms with Gasteiger partial charge in [0.05, 0.1) is 10.8 Å². The van der Waals surface area contributed by atoms with Crippen LogP contribution < -0.4 is 5.32 Å². The second-order valence-corrected chi connectivity index (χ2v) is 7.94. The van der Waals surface area contributed by atoms with Crippen LogP contribution in [0, 0.1) is 6.92 Å². The minimum atomic E-state index is -4.54. The summed E-state index contributed by atoms with van der Waals surface area (Å²) >= 11 is 1.18. The van der Waals surface area contributed by atoms with Crippen LogP contribution >= 0.6 is 11.8 Å². The van der Waals surface area contributed by atoms with Crippen molar-refractivity contribution in [2.24, 2.45) is 0 Å². The average molecular weight is 368 g/mol. The van der Waals surface area contributed by atoms with Gasteiger partial charge in [-0.3, -0.25) is 4.79 Å². The average Bonchev–Trinajstić information content (AvgIpc) is 2.94. The van der Waals surface area contributed by atoms with Gasteiger partial charge >= 0.3 is 6.18 Å². The Labute approximate surface area is 136 Å². The first-order valence-corrected chi connectivity index (χ1v) is 9.21. The van der Waals surface area contributed by atoms with Crippen LogP contribution in [0.5, 0.6) is 0 Å². The van der Waals surface area contributed by atoms with E-state index in [-0.39, 0.29) is 16.5 Å². The molecule has 1 amide bonds. The molecule has 2 rings (SSSR count). The Bertz CT molecular complexity index is 675. The molecule has 1 aromatic carbocycles. The van der Waals surface area contributed by atoms with Crippen LogP contribution in [-0.2, 0) is 14.8 Å². The van der Waals surface area contributed by atoms with Crippen molar-refractivity contribution < 1.29 is 26.4 Å². The Morgan fingerprint density at radius 1 is 1.35 bits per heavy atom. The number of thioether (sulfide) groups is 1. The van der Waals surface area contributed by atoms with Crippen LogP contribution in [0.15, 0.2) is 29.2 Å². The van der Waals surface area contributed by atoms with E-state index in [0.717, 1.165) is 9.87 Å². The zero-order chi connectivity index (χ0) is 17.3. The van der Waals surface area contributed by atoms with E-state index in [4.69, 9.17) is 0 Å². The Hall–Kier alpha value is -1.26. The lowest BCUT2D eigenvalue weighted by molar-refractivity contribution is -0.140. The highest BCUT2D eigenvalue weighted by Crippen LogP contribution is 2.28. The normalized spacial score (nSPS) is 19.7. The van der Waals surface area contributed by atoms with E-state index in [9.17, 15) is 26.4 Å². The fourth-order valence-corrected chi connectivity index (χ4v) is 5.17. The number of aryl methyl sites for hydroxylation is 1. The Kier molecular flexibility index (Phi) is 5.27. The van der Waals surface area contributed by atoms with Gasteiger partial charge < -0.3 is 5.32 Å².